The van der Waals surface area contributed by atoms with Gasteiger partial charge in [-0.25, -0.2) is 4.98 Å². The van der Waals surface area contributed by atoms with Gasteiger partial charge < -0.3 is 9.84 Å². The number of rotatable bonds is 5. The Balaban J connectivity index is 1.59. The lowest BCUT2D eigenvalue weighted by Gasteiger charge is -2.08. The van der Waals surface area contributed by atoms with E-state index in [0.717, 1.165) is 14.6 Å². The van der Waals surface area contributed by atoms with E-state index in [1.165, 1.54) is 18.0 Å². The first-order valence-corrected chi connectivity index (χ1v) is 8.11. The SMILES string of the molecule is CC(Sc1nc2ccccc2s1)C(=O)NCc1ccon1. The molecule has 1 atom stereocenters. The van der Waals surface area contributed by atoms with Crippen LogP contribution in [0.1, 0.15) is 12.6 Å². The number of carbonyl (C=O) groups is 1. The van der Waals surface area contributed by atoms with Gasteiger partial charge in [-0.1, -0.05) is 29.1 Å². The summed E-state index contributed by atoms with van der Waals surface area (Å²) < 4.78 is 6.76. The van der Waals surface area contributed by atoms with Crippen LogP contribution in [0, 0.1) is 0 Å². The van der Waals surface area contributed by atoms with Gasteiger partial charge in [-0.15, -0.1) is 11.3 Å². The molecular weight excluding hydrogens is 306 g/mol. The number of fused-ring (bicyclic) bond motifs is 1. The van der Waals surface area contributed by atoms with Crippen LogP contribution in [0.3, 0.4) is 0 Å². The Bertz CT molecular complexity index is 707. The molecule has 1 unspecified atom stereocenters. The fourth-order valence-electron chi connectivity index (χ4n) is 1.76. The van der Waals surface area contributed by atoms with Crippen LogP contribution >= 0.6 is 23.1 Å². The average Bonchev–Trinajstić information content (AvgIpc) is 3.13. The van der Waals surface area contributed by atoms with Crippen molar-refractivity contribution in [3.63, 3.8) is 0 Å². The predicted molar refractivity (Wildman–Crippen MR) is 83.3 cm³/mol. The van der Waals surface area contributed by atoms with Gasteiger partial charge in [-0.3, -0.25) is 4.79 Å². The van der Waals surface area contributed by atoms with Crippen molar-refractivity contribution in [3.8, 4) is 0 Å². The number of benzene rings is 1. The number of thioether (sulfide) groups is 1. The van der Waals surface area contributed by atoms with Crippen molar-refractivity contribution in [1.29, 1.82) is 0 Å². The maximum absolute atomic E-state index is 12.0. The zero-order valence-corrected chi connectivity index (χ0v) is 12.9. The highest BCUT2D eigenvalue weighted by Gasteiger charge is 2.16. The smallest absolute Gasteiger partial charge is 0.233 e. The highest BCUT2D eigenvalue weighted by Crippen LogP contribution is 2.31. The van der Waals surface area contributed by atoms with Gasteiger partial charge in [0.2, 0.25) is 5.91 Å². The molecule has 1 amide bonds. The summed E-state index contributed by atoms with van der Waals surface area (Å²) in [6.45, 7) is 2.24. The number of aromatic nitrogens is 2. The molecule has 5 nitrogen and oxygen atoms in total. The third-order valence-electron chi connectivity index (χ3n) is 2.86. The Morgan fingerprint density at radius 1 is 1.43 bits per heavy atom. The molecule has 21 heavy (non-hydrogen) atoms. The summed E-state index contributed by atoms with van der Waals surface area (Å²) >= 11 is 3.07. The molecule has 2 aromatic heterocycles. The summed E-state index contributed by atoms with van der Waals surface area (Å²) in [5.74, 6) is -0.0396. The number of hydrogen-bond donors (Lipinski definition) is 1. The highest BCUT2D eigenvalue weighted by atomic mass is 32.2. The molecule has 3 rings (SSSR count). The Labute approximate surface area is 129 Å². The lowest BCUT2D eigenvalue weighted by Crippen LogP contribution is -2.30. The summed E-state index contributed by atoms with van der Waals surface area (Å²) in [5.41, 5.74) is 1.68. The minimum absolute atomic E-state index is 0.0396. The maximum Gasteiger partial charge on any atom is 0.233 e. The fraction of sp³-hybridized carbons (Fsp3) is 0.214. The Kier molecular flexibility index (Phi) is 4.21. The molecule has 0 saturated carbocycles. The Morgan fingerprint density at radius 3 is 3.05 bits per heavy atom. The normalized spacial score (nSPS) is 12.4. The van der Waals surface area contributed by atoms with Gasteiger partial charge in [0.15, 0.2) is 4.34 Å². The third-order valence-corrected chi connectivity index (χ3v) is 5.09. The van der Waals surface area contributed by atoms with Gasteiger partial charge in [0.1, 0.15) is 12.0 Å². The Hall–Kier alpha value is -1.86. The highest BCUT2D eigenvalue weighted by molar-refractivity contribution is 8.02. The minimum atomic E-state index is -0.211. The van der Waals surface area contributed by atoms with Crippen molar-refractivity contribution >= 4 is 39.2 Å². The summed E-state index contributed by atoms with van der Waals surface area (Å²) in [4.78, 5) is 16.6. The third kappa shape index (κ3) is 3.43. The van der Waals surface area contributed by atoms with Crippen molar-refractivity contribution in [2.45, 2.75) is 23.1 Å². The topological polar surface area (TPSA) is 68.0 Å². The fourth-order valence-corrected chi connectivity index (χ4v) is 3.99. The summed E-state index contributed by atoms with van der Waals surface area (Å²) in [6.07, 6.45) is 1.49. The van der Waals surface area contributed by atoms with E-state index in [1.54, 1.807) is 17.4 Å². The van der Waals surface area contributed by atoms with Crippen LogP contribution in [0.4, 0.5) is 0 Å². The molecular formula is C14H13N3O2S2. The first kappa shape index (κ1) is 14.1. The summed E-state index contributed by atoms with van der Waals surface area (Å²) in [5, 5.41) is 6.38. The van der Waals surface area contributed by atoms with Crippen LogP contribution in [-0.4, -0.2) is 21.3 Å². The molecule has 0 saturated heterocycles. The van der Waals surface area contributed by atoms with Gasteiger partial charge in [-0.2, -0.15) is 0 Å². The molecule has 0 spiro atoms. The first-order valence-electron chi connectivity index (χ1n) is 6.41. The lowest BCUT2D eigenvalue weighted by atomic mass is 10.3. The van der Waals surface area contributed by atoms with Crippen molar-refractivity contribution < 1.29 is 9.32 Å². The predicted octanol–water partition coefficient (Wildman–Crippen LogP) is 3.08. The Morgan fingerprint density at radius 2 is 2.29 bits per heavy atom. The molecule has 3 aromatic rings. The van der Waals surface area contributed by atoms with E-state index in [0.29, 0.717) is 12.2 Å². The maximum atomic E-state index is 12.0. The zero-order valence-electron chi connectivity index (χ0n) is 11.3. The molecule has 0 radical (unpaired) electrons. The molecule has 7 heteroatoms. The van der Waals surface area contributed by atoms with Crippen LogP contribution in [-0.2, 0) is 11.3 Å². The largest absolute Gasteiger partial charge is 0.364 e. The van der Waals surface area contributed by atoms with E-state index in [1.807, 2.05) is 31.2 Å². The van der Waals surface area contributed by atoms with Crippen molar-refractivity contribution in [2.24, 2.45) is 0 Å². The van der Waals surface area contributed by atoms with Crippen molar-refractivity contribution in [3.05, 3.63) is 42.3 Å². The molecule has 0 aliphatic rings. The van der Waals surface area contributed by atoms with Crippen molar-refractivity contribution in [2.75, 3.05) is 0 Å². The van der Waals surface area contributed by atoms with Crippen LogP contribution in [0.2, 0.25) is 0 Å². The second-order valence-corrected chi connectivity index (χ2v) is 7.03. The molecule has 0 aliphatic heterocycles. The van der Waals surface area contributed by atoms with Gasteiger partial charge in [0, 0.05) is 6.07 Å². The van der Waals surface area contributed by atoms with Gasteiger partial charge >= 0.3 is 0 Å². The molecule has 108 valence electrons. The molecule has 0 bridgehead atoms. The molecule has 2 heterocycles. The second-order valence-electron chi connectivity index (χ2n) is 4.42. The van der Waals surface area contributed by atoms with Gasteiger partial charge in [-0.05, 0) is 19.1 Å². The van der Waals surface area contributed by atoms with Gasteiger partial charge in [0.05, 0.1) is 22.0 Å². The van der Waals surface area contributed by atoms with Crippen LogP contribution in [0.15, 0.2) is 45.5 Å². The van der Waals surface area contributed by atoms with E-state index in [9.17, 15) is 4.79 Å². The minimum Gasteiger partial charge on any atom is -0.364 e. The molecule has 1 N–H and O–H groups in total. The van der Waals surface area contributed by atoms with E-state index in [-0.39, 0.29) is 11.2 Å². The van der Waals surface area contributed by atoms with E-state index >= 15 is 0 Å². The van der Waals surface area contributed by atoms with Crippen LogP contribution in [0.5, 0.6) is 0 Å². The number of para-hydroxylation sites is 1. The summed E-state index contributed by atoms with van der Waals surface area (Å²) in [7, 11) is 0. The van der Waals surface area contributed by atoms with Crippen LogP contribution < -0.4 is 5.32 Å². The van der Waals surface area contributed by atoms with E-state index < -0.39 is 0 Å². The summed E-state index contributed by atoms with van der Waals surface area (Å²) in [6, 6.07) is 9.69. The van der Waals surface area contributed by atoms with Crippen molar-refractivity contribution in [1.82, 2.24) is 15.5 Å². The number of nitrogens with zero attached hydrogens (tertiary/aromatic N) is 2. The number of nitrogens with one attached hydrogen (secondary N) is 1. The number of amides is 1. The molecule has 1 aromatic carbocycles. The lowest BCUT2D eigenvalue weighted by molar-refractivity contribution is -0.120. The average molecular weight is 319 g/mol. The number of hydrogen-bond acceptors (Lipinski definition) is 6. The monoisotopic (exact) mass is 319 g/mol. The second kappa shape index (κ2) is 6.28. The number of thiazole rings is 1. The first-order chi connectivity index (χ1) is 10.2. The van der Waals surface area contributed by atoms with Gasteiger partial charge in [0.25, 0.3) is 0 Å². The molecule has 0 aliphatic carbocycles. The number of carbonyl (C=O) groups excluding carboxylic acids is 1. The van der Waals surface area contributed by atoms with E-state index in [4.69, 9.17) is 4.52 Å². The standard InChI is InChI=1S/C14H13N3O2S2/c1-9(13(18)15-8-10-6-7-19-17-10)20-14-16-11-4-2-3-5-12(11)21-14/h2-7,9H,8H2,1H3,(H,15,18). The quantitative estimate of drug-likeness (QED) is 0.732. The molecule has 0 fully saturated rings. The zero-order chi connectivity index (χ0) is 14.7. The van der Waals surface area contributed by atoms with E-state index in [2.05, 4.69) is 15.5 Å². The van der Waals surface area contributed by atoms with Crippen LogP contribution in [0.25, 0.3) is 10.2 Å².